The summed E-state index contributed by atoms with van der Waals surface area (Å²) in [6.45, 7) is 11.0. The van der Waals surface area contributed by atoms with Crippen molar-refractivity contribution in [3.8, 4) is 0 Å². The van der Waals surface area contributed by atoms with Crippen LogP contribution in [0.15, 0.2) is 17.5 Å². The first-order chi connectivity index (χ1) is 21.1. The number of hydrogen-bond donors (Lipinski definition) is 8. The lowest BCUT2D eigenvalue weighted by atomic mass is 9.94. The van der Waals surface area contributed by atoms with E-state index in [-0.39, 0.29) is 31.1 Å². The van der Waals surface area contributed by atoms with E-state index in [1.165, 1.54) is 11.3 Å². The average Bonchev–Trinajstić information content (AvgIpc) is 3.49. The van der Waals surface area contributed by atoms with Gasteiger partial charge < -0.3 is 37.0 Å². The summed E-state index contributed by atoms with van der Waals surface area (Å²) in [4.78, 5) is 63.6. The molecule has 0 fully saturated rings. The van der Waals surface area contributed by atoms with Crippen LogP contribution in [-0.4, -0.2) is 87.3 Å². The molecule has 0 saturated carbocycles. The van der Waals surface area contributed by atoms with Crippen molar-refractivity contribution in [2.24, 2.45) is 17.6 Å². The highest BCUT2D eigenvalue weighted by Gasteiger charge is 2.34. The van der Waals surface area contributed by atoms with Gasteiger partial charge in [-0.1, -0.05) is 53.5 Å². The van der Waals surface area contributed by atoms with E-state index in [1.54, 1.807) is 13.8 Å². The summed E-state index contributed by atoms with van der Waals surface area (Å²) >= 11 is 1.41. The van der Waals surface area contributed by atoms with Crippen molar-refractivity contribution in [2.45, 2.75) is 129 Å². The van der Waals surface area contributed by atoms with Crippen molar-refractivity contribution in [2.75, 3.05) is 0 Å². The number of carboxylic acid groups (broad SMARTS) is 2. The van der Waals surface area contributed by atoms with Gasteiger partial charge in [-0.05, 0) is 49.5 Å². The number of nitrogens with one attached hydrogen (secondary N) is 4. The highest BCUT2D eigenvalue weighted by Crippen LogP contribution is 2.16. The summed E-state index contributed by atoms with van der Waals surface area (Å²) in [5.74, 6) is -4.18. The fourth-order valence-electron chi connectivity index (χ4n) is 4.88. The highest BCUT2D eigenvalue weighted by atomic mass is 32.1. The number of carbonyl (C=O) groups excluding carboxylic acids is 3. The molecule has 1 heterocycles. The van der Waals surface area contributed by atoms with Gasteiger partial charge in [-0.3, -0.25) is 29.3 Å². The van der Waals surface area contributed by atoms with Crippen LogP contribution < -0.4 is 27.0 Å². The maximum absolute atomic E-state index is 13.8. The van der Waals surface area contributed by atoms with Gasteiger partial charge in [0.05, 0.1) is 18.2 Å². The van der Waals surface area contributed by atoms with Gasteiger partial charge in [0.25, 0.3) is 0 Å². The molecule has 9 N–H and O–H groups in total. The Morgan fingerprint density at radius 3 is 2.09 bits per heavy atom. The highest BCUT2D eigenvalue weighted by molar-refractivity contribution is 7.09. The number of rotatable bonds is 22. The Morgan fingerprint density at radius 1 is 0.911 bits per heavy atom. The van der Waals surface area contributed by atoms with Crippen molar-refractivity contribution in [1.82, 2.24) is 21.3 Å². The lowest BCUT2D eigenvalue weighted by Crippen LogP contribution is -2.60. The molecule has 256 valence electrons. The molecule has 0 aliphatic carbocycles. The number of aliphatic hydroxyl groups excluding tert-OH is 1. The van der Waals surface area contributed by atoms with Gasteiger partial charge in [0, 0.05) is 23.8 Å². The number of hydrogen-bond acceptors (Lipinski definition) is 9. The molecule has 13 nitrogen and oxygen atoms in total. The Hall–Kier alpha value is -3.07. The quantitative estimate of drug-likeness (QED) is 0.0902. The van der Waals surface area contributed by atoms with Gasteiger partial charge in [0.1, 0.15) is 18.1 Å². The van der Waals surface area contributed by atoms with E-state index in [1.807, 2.05) is 45.2 Å². The molecule has 0 aromatic carbocycles. The maximum Gasteiger partial charge on any atom is 0.320 e. The molecular formula is C31H53N5O8S. The second kappa shape index (κ2) is 20.1. The van der Waals surface area contributed by atoms with E-state index in [0.29, 0.717) is 25.7 Å². The van der Waals surface area contributed by atoms with Gasteiger partial charge in [-0.25, -0.2) is 0 Å². The fraction of sp³-hybridized carbons (Fsp3) is 0.710. The van der Waals surface area contributed by atoms with E-state index in [9.17, 15) is 34.2 Å². The van der Waals surface area contributed by atoms with Crippen LogP contribution in [0.3, 0.4) is 0 Å². The number of aliphatic carboxylic acids is 2. The number of carboxylic acids is 2. The first-order valence-electron chi connectivity index (χ1n) is 15.7. The summed E-state index contributed by atoms with van der Waals surface area (Å²) in [6.07, 6.45) is 0.550. The van der Waals surface area contributed by atoms with Crippen molar-refractivity contribution >= 4 is 41.0 Å². The Morgan fingerprint density at radius 2 is 1.58 bits per heavy atom. The SMILES string of the molecule is CCC[C@H](NC(C)[C@@H](O)[C@H](CC(C)C)NC(=O)[C@H](Cc1cccs1)NC(=O)[C@@H](NC(=O)[C@@H](N)CCC(=O)O)[C@@H](C)CC)C(=O)O. The summed E-state index contributed by atoms with van der Waals surface area (Å²) in [6, 6.07) is -1.84. The number of carbonyl (C=O) groups is 5. The molecule has 8 atom stereocenters. The fourth-order valence-corrected chi connectivity index (χ4v) is 5.63. The molecule has 0 aliphatic heterocycles. The van der Waals surface area contributed by atoms with Gasteiger partial charge >= 0.3 is 11.9 Å². The zero-order chi connectivity index (χ0) is 34.3. The van der Waals surface area contributed by atoms with E-state index in [4.69, 9.17) is 10.8 Å². The van der Waals surface area contributed by atoms with Crippen LogP contribution >= 0.6 is 11.3 Å². The van der Waals surface area contributed by atoms with Gasteiger partial charge in [-0.15, -0.1) is 11.3 Å². The van der Waals surface area contributed by atoms with Crippen LogP contribution in [0.1, 0.15) is 84.9 Å². The topological polar surface area (TPSA) is 220 Å². The van der Waals surface area contributed by atoms with Crippen LogP contribution in [0.2, 0.25) is 0 Å². The molecule has 3 amide bonds. The Labute approximate surface area is 270 Å². The van der Waals surface area contributed by atoms with Crippen LogP contribution in [0.4, 0.5) is 0 Å². The van der Waals surface area contributed by atoms with Crippen molar-refractivity contribution in [3.05, 3.63) is 22.4 Å². The second-order valence-electron chi connectivity index (χ2n) is 12.1. The molecule has 1 aromatic rings. The van der Waals surface area contributed by atoms with Crippen molar-refractivity contribution in [1.29, 1.82) is 0 Å². The number of nitrogens with two attached hydrogens (primary N) is 1. The normalized spacial score (nSPS) is 16.8. The Kier molecular flexibility index (Phi) is 17.9. The molecule has 0 saturated heterocycles. The Balaban J connectivity index is 3.22. The van der Waals surface area contributed by atoms with Gasteiger partial charge in [0.15, 0.2) is 0 Å². The smallest absolute Gasteiger partial charge is 0.320 e. The second-order valence-corrected chi connectivity index (χ2v) is 13.2. The summed E-state index contributed by atoms with van der Waals surface area (Å²) < 4.78 is 0. The molecule has 1 rings (SSSR count). The Bertz CT molecular complexity index is 1090. The van der Waals surface area contributed by atoms with Crippen LogP contribution in [0, 0.1) is 11.8 Å². The first-order valence-corrected chi connectivity index (χ1v) is 16.6. The predicted octanol–water partition coefficient (Wildman–Crippen LogP) is 1.62. The average molecular weight is 656 g/mol. The van der Waals surface area contributed by atoms with Crippen molar-refractivity contribution in [3.63, 3.8) is 0 Å². The molecule has 0 spiro atoms. The molecule has 1 unspecified atom stereocenters. The van der Waals surface area contributed by atoms with E-state index in [0.717, 1.165) is 4.88 Å². The van der Waals surface area contributed by atoms with Crippen LogP contribution in [0.25, 0.3) is 0 Å². The molecule has 1 aromatic heterocycles. The number of amides is 3. The van der Waals surface area contributed by atoms with Crippen molar-refractivity contribution < 1.29 is 39.3 Å². The third-order valence-corrected chi connectivity index (χ3v) is 8.63. The third kappa shape index (κ3) is 14.3. The number of aliphatic hydroxyl groups is 1. The van der Waals surface area contributed by atoms with Crippen LogP contribution in [-0.2, 0) is 30.4 Å². The minimum absolute atomic E-state index is 0.0729. The van der Waals surface area contributed by atoms with Gasteiger partial charge in [-0.2, -0.15) is 0 Å². The van der Waals surface area contributed by atoms with Gasteiger partial charge in [0.2, 0.25) is 17.7 Å². The van der Waals surface area contributed by atoms with E-state index >= 15 is 0 Å². The summed E-state index contributed by atoms with van der Waals surface area (Å²) in [7, 11) is 0. The third-order valence-electron chi connectivity index (χ3n) is 7.73. The minimum Gasteiger partial charge on any atom is -0.481 e. The molecule has 45 heavy (non-hydrogen) atoms. The zero-order valence-electron chi connectivity index (χ0n) is 27.2. The van der Waals surface area contributed by atoms with Crippen LogP contribution in [0.5, 0.6) is 0 Å². The van der Waals surface area contributed by atoms with E-state index in [2.05, 4.69) is 21.3 Å². The standard InChI is InChI=1S/C31H53N5O8S/c1-7-10-22(31(43)44)33-19(6)27(39)23(15-17(3)4)34-29(41)24(16-20-11-9-14-45-20)35-30(42)26(18(5)8-2)36-28(40)21(32)12-13-25(37)38/h9,11,14,17-19,21-24,26-27,33,39H,7-8,10,12-13,15-16,32H2,1-6H3,(H,34,41)(H,35,42)(H,36,40)(H,37,38)(H,43,44)/t18-,19?,21-,22-,23-,24-,26-,27+/m0/s1. The largest absolute Gasteiger partial charge is 0.481 e. The number of thiophene rings is 1. The molecular weight excluding hydrogens is 602 g/mol. The summed E-state index contributed by atoms with van der Waals surface area (Å²) in [5.41, 5.74) is 5.87. The lowest BCUT2D eigenvalue weighted by Gasteiger charge is -2.33. The first kappa shape index (κ1) is 40.0. The lowest BCUT2D eigenvalue weighted by molar-refractivity contribution is -0.140. The molecule has 0 aliphatic rings. The minimum atomic E-state index is -1.13. The molecule has 0 radical (unpaired) electrons. The predicted molar refractivity (Wildman–Crippen MR) is 173 cm³/mol. The molecule has 14 heteroatoms. The molecule has 0 bridgehead atoms. The summed E-state index contributed by atoms with van der Waals surface area (Å²) in [5, 5.41) is 42.9. The zero-order valence-corrected chi connectivity index (χ0v) is 28.1. The monoisotopic (exact) mass is 655 g/mol. The maximum atomic E-state index is 13.8. The van der Waals surface area contributed by atoms with E-state index < -0.39 is 72.0 Å².